The number of Topliss-reactive ketones (excluding diaryl/α,β-unsaturated/α-hetero) is 1. The van der Waals surface area contributed by atoms with Gasteiger partial charge in [0.2, 0.25) is 0 Å². The van der Waals surface area contributed by atoms with Gasteiger partial charge in [-0.1, -0.05) is 6.92 Å². The second-order valence-corrected chi connectivity index (χ2v) is 3.52. The largest absolute Gasteiger partial charge is 0.298 e. The number of nitriles is 1. The van der Waals surface area contributed by atoms with Crippen molar-refractivity contribution in [3.05, 3.63) is 0 Å². The summed E-state index contributed by atoms with van der Waals surface area (Å²) in [5.41, 5.74) is 0. The zero-order valence-corrected chi connectivity index (χ0v) is 8.12. The van der Waals surface area contributed by atoms with E-state index in [-0.39, 0.29) is 0 Å². The van der Waals surface area contributed by atoms with Gasteiger partial charge in [0.05, 0.1) is 12.6 Å². The quantitative estimate of drug-likeness (QED) is 0.617. The second-order valence-electron chi connectivity index (χ2n) is 3.52. The molecule has 1 aliphatic rings. The van der Waals surface area contributed by atoms with Crippen LogP contribution in [0.25, 0.3) is 0 Å². The highest BCUT2D eigenvalue weighted by Crippen LogP contribution is 2.29. The van der Waals surface area contributed by atoms with E-state index < -0.39 is 0 Å². The van der Waals surface area contributed by atoms with Gasteiger partial charge in [0.25, 0.3) is 0 Å². The highest BCUT2D eigenvalue weighted by molar-refractivity contribution is 5.84. The Labute approximate surface area is 79.3 Å². The van der Waals surface area contributed by atoms with E-state index >= 15 is 0 Å². The fraction of sp³-hybridized carbons (Fsp3) is 0.800. The molecule has 0 saturated heterocycles. The van der Waals surface area contributed by atoms with Crippen molar-refractivity contribution in [1.82, 2.24) is 4.90 Å². The van der Waals surface area contributed by atoms with E-state index in [1.54, 1.807) is 0 Å². The SMILES string of the molecule is CCN(CCC#N)CC(=O)C1CC1. The van der Waals surface area contributed by atoms with Crippen LogP contribution in [0.4, 0.5) is 0 Å². The zero-order valence-electron chi connectivity index (χ0n) is 8.12. The van der Waals surface area contributed by atoms with Crippen LogP contribution in [0.2, 0.25) is 0 Å². The lowest BCUT2D eigenvalue weighted by atomic mass is 10.2. The second kappa shape index (κ2) is 4.98. The molecule has 0 heterocycles. The predicted molar refractivity (Wildman–Crippen MR) is 50.1 cm³/mol. The molecule has 72 valence electrons. The maximum Gasteiger partial charge on any atom is 0.149 e. The molecule has 3 heteroatoms. The fourth-order valence-electron chi connectivity index (χ4n) is 1.31. The Hall–Kier alpha value is -0.880. The Morgan fingerprint density at radius 1 is 1.62 bits per heavy atom. The number of carbonyl (C=O) groups is 1. The van der Waals surface area contributed by atoms with Crippen LogP contribution in [0, 0.1) is 17.2 Å². The smallest absolute Gasteiger partial charge is 0.149 e. The van der Waals surface area contributed by atoms with Gasteiger partial charge in [0.15, 0.2) is 0 Å². The van der Waals surface area contributed by atoms with Crippen LogP contribution >= 0.6 is 0 Å². The lowest BCUT2D eigenvalue weighted by molar-refractivity contribution is -0.121. The lowest BCUT2D eigenvalue weighted by Crippen LogP contribution is -2.31. The van der Waals surface area contributed by atoms with E-state index in [1.807, 2.05) is 11.8 Å². The zero-order chi connectivity index (χ0) is 9.68. The average molecular weight is 180 g/mol. The molecule has 0 aromatic carbocycles. The standard InChI is InChI=1S/C10H16N2O/c1-2-12(7-3-6-11)8-10(13)9-4-5-9/h9H,2-5,7-8H2,1H3. The molecule has 13 heavy (non-hydrogen) atoms. The van der Waals surface area contributed by atoms with Gasteiger partial charge in [-0.05, 0) is 19.4 Å². The Morgan fingerprint density at radius 2 is 2.31 bits per heavy atom. The molecule has 0 unspecified atom stereocenters. The van der Waals surface area contributed by atoms with E-state index in [0.29, 0.717) is 24.7 Å². The molecule has 1 aliphatic carbocycles. The third-order valence-corrected chi connectivity index (χ3v) is 2.40. The van der Waals surface area contributed by atoms with E-state index in [1.165, 1.54) is 0 Å². The van der Waals surface area contributed by atoms with Gasteiger partial charge >= 0.3 is 0 Å². The first-order valence-electron chi connectivity index (χ1n) is 4.90. The van der Waals surface area contributed by atoms with Crippen LogP contribution < -0.4 is 0 Å². The van der Waals surface area contributed by atoms with Crippen LogP contribution in [-0.2, 0) is 4.79 Å². The van der Waals surface area contributed by atoms with Crippen molar-refractivity contribution in [2.75, 3.05) is 19.6 Å². The Balaban J connectivity index is 2.22. The molecule has 0 spiro atoms. The summed E-state index contributed by atoms with van der Waals surface area (Å²) in [6, 6.07) is 2.10. The highest BCUT2D eigenvalue weighted by atomic mass is 16.1. The first kappa shape index (κ1) is 10.2. The maximum absolute atomic E-state index is 11.4. The Kier molecular flexibility index (Phi) is 3.91. The molecule has 1 fully saturated rings. The third-order valence-electron chi connectivity index (χ3n) is 2.40. The molecule has 0 aliphatic heterocycles. The molecule has 3 nitrogen and oxygen atoms in total. The molecule has 0 aromatic heterocycles. The first-order chi connectivity index (χ1) is 6.27. The monoisotopic (exact) mass is 180 g/mol. The van der Waals surface area contributed by atoms with Gasteiger partial charge < -0.3 is 0 Å². The molecule has 1 saturated carbocycles. The van der Waals surface area contributed by atoms with Gasteiger partial charge in [-0.2, -0.15) is 5.26 Å². The summed E-state index contributed by atoms with van der Waals surface area (Å²) < 4.78 is 0. The van der Waals surface area contributed by atoms with Gasteiger partial charge in [-0.3, -0.25) is 9.69 Å². The number of hydrogen-bond donors (Lipinski definition) is 0. The number of nitrogens with zero attached hydrogens (tertiary/aromatic N) is 2. The van der Waals surface area contributed by atoms with Crippen LogP contribution in [0.3, 0.4) is 0 Å². The molecule has 0 bridgehead atoms. The summed E-state index contributed by atoms with van der Waals surface area (Å²) >= 11 is 0. The van der Waals surface area contributed by atoms with Gasteiger partial charge in [-0.25, -0.2) is 0 Å². The predicted octanol–water partition coefficient (Wildman–Crippen LogP) is 1.20. The molecule has 1 rings (SSSR count). The van der Waals surface area contributed by atoms with Crippen molar-refractivity contribution in [1.29, 1.82) is 5.26 Å². The van der Waals surface area contributed by atoms with E-state index in [9.17, 15) is 4.79 Å². The number of carbonyl (C=O) groups excluding carboxylic acids is 1. The van der Waals surface area contributed by atoms with Gasteiger partial charge in [-0.15, -0.1) is 0 Å². The minimum absolute atomic E-state index is 0.344. The van der Waals surface area contributed by atoms with E-state index in [0.717, 1.165) is 25.9 Å². The Morgan fingerprint density at radius 3 is 2.77 bits per heavy atom. The summed E-state index contributed by atoms with van der Waals surface area (Å²) in [4.78, 5) is 13.5. The molecule has 0 N–H and O–H groups in total. The normalized spacial score (nSPS) is 15.8. The van der Waals surface area contributed by atoms with Crippen LogP contribution in [0.5, 0.6) is 0 Å². The number of hydrogen-bond acceptors (Lipinski definition) is 3. The lowest BCUT2D eigenvalue weighted by Gasteiger charge is -2.17. The van der Waals surface area contributed by atoms with Crippen molar-refractivity contribution in [2.24, 2.45) is 5.92 Å². The maximum atomic E-state index is 11.4. The average Bonchev–Trinajstić information content (AvgIpc) is 2.94. The van der Waals surface area contributed by atoms with Crippen LogP contribution in [0.1, 0.15) is 26.2 Å². The summed E-state index contributed by atoms with van der Waals surface area (Å²) in [5.74, 6) is 0.705. The van der Waals surface area contributed by atoms with E-state index in [4.69, 9.17) is 5.26 Å². The number of rotatable bonds is 6. The van der Waals surface area contributed by atoms with Gasteiger partial charge in [0.1, 0.15) is 5.78 Å². The summed E-state index contributed by atoms with van der Waals surface area (Å²) in [6.45, 7) is 4.16. The number of likely N-dealkylation sites (N-methyl/N-ethyl adjacent to an activating group) is 1. The fourth-order valence-corrected chi connectivity index (χ4v) is 1.31. The van der Waals surface area contributed by atoms with Crippen molar-refractivity contribution in [2.45, 2.75) is 26.2 Å². The first-order valence-corrected chi connectivity index (χ1v) is 4.90. The highest BCUT2D eigenvalue weighted by Gasteiger charge is 2.29. The van der Waals surface area contributed by atoms with Crippen molar-refractivity contribution in [3.63, 3.8) is 0 Å². The summed E-state index contributed by atoms with van der Waals surface area (Å²) in [7, 11) is 0. The van der Waals surface area contributed by atoms with Crippen molar-refractivity contribution >= 4 is 5.78 Å². The van der Waals surface area contributed by atoms with Crippen molar-refractivity contribution in [3.8, 4) is 6.07 Å². The topological polar surface area (TPSA) is 44.1 Å². The van der Waals surface area contributed by atoms with Gasteiger partial charge in [0, 0.05) is 18.9 Å². The van der Waals surface area contributed by atoms with Crippen LogP contribution in [-0.4, -0.2) is 30.3 Å². The molecule has 0 radical (unpaired) electrons. The minimum atomic E-state index is 0.344. The van der Waals surface area contributed by atoms with E-state index in [2.05, 4.69) is 6.07 Å². The molecule has 0 amide bonds. The van der Waals surface area contributed by atoms with Crippen molar-refractivity contribution < 1.29 is 4.79 Å². The molecular formula is C10H16N2O. The number of ketones is 1. The molecule has 0 atom stereocenters. The molecule has 0 aromatic rings. The summed E-state index contributed by atoms with van der Waals surface area (Å²) in [6.07, 6.45) is 2.68. The van der Waals surface area contributed by atoms with Crippen LogP contribution in [0.15, 0.2) is 0 Å². The minimum Gasteiger partial charge on any atom is -0.298 e. The molecular weight excluding hydrogens is 164 g/mol. The third kappa shape index (κ3) is 3.56. The summed E-state index contributed by atoms with van der Waals surface area (Å²) in [5, 5.41) is 8.40. The Bertz CT molecular complexity index is 215.